The second-order valence-corrected chi connectivity index (χ2v) is 8.57. The molecule has 0 spiro atoms. The molecule has 1 aliphatic heterocycles. The van der Waals surface area contributed by atoms with E-state index < -0.39 is 22.6 Å². The molecule has 178 valence electrons. The van der Waals surface area contributed by atoms with Gasteiger partial charge in [-0.15, -0.1) is 0 Å². The van der Waals surface area contributed by atoms with E-state index in [-0.39, 0.29) is 24.3 Å². The van der Waals surface area contributed by atoms with Crippen LogP contribution in [0.15, 0.2) is 84.9 Å². The first-order chi connectivity index (χ1) is 17.3. The molecule has 8 heteroatoms. The van der Waals surface area contributed by atoms with Gasteiger partial charge in [0.1, 0.15) is 0 Å². The molecule has 8 nitrogen and oxygen atoms in total. The van der Waals surface area contributed by atoms with E-state index in [0.717, 1.165) is 10.9 Å². The van der Waals surface area contributed by atoms with Crippen LogP contribution in [0.5, 0.6) is 0 Å². The molecule has 0 fully saturated rings. The maximum Gasteiger partial charge on any atom is 0.269 e. The van der Waals surface area contributed by atoms with Crippen LogP contribution in [-0.2, 0) is 0 Å². The smallest absolute Gasteiger partial charge is 0.269 e. The van der Waals surface area contributed by atoms with Gasteiger partial charge < -0.3 is 4.90 Å². The summed E-state index contributed by atoms with van der Waals surface area (Å²) < 4.78 is 0. The Kier molecular flexibility index (Phi) is 5.77. The number of aryl methyl sites for hydroxylation is 1. The molecule has 0 saturated heterocycles. The number of rotatable bonds is 6. The molecular weight excluding hydrogens is 458 g/mol. The third-order valence-corrected chi connectivity index (χ3v) is 6.32. The highest BCUT2D eigenvalue weighted by Crippen LogP contribution is 2.30. The van der Waals surface area contributed by atoms with Gasteiger partial charge >= 0.3 is 0 Å². The Balaban J connectivity index is 1.46. The summed E-state index contributed by atoms with van der Waals surface area (Å²) in [5.74, 6) is -1.21. The number of non-ortho nitro benzene ring substituents is 1. The molecule has 3 amide bonds. The number of imide groups is 1. The average Bonchev–Trinajstić information content (AvgIpc) is 2.89. The second kappa shape index (κ2) is 9.07. The minimum Gasteiger partial charge on any atom is -0.307 e. The van der Waals surface area contributed by atoms with E-state index in [1.807, 2.05) is 31.2 Å². The van der Waals surface area contributed by atoms with Gasteiger partial charge in [-0.1, -0.05) is 42.0 Å². The topological polar surface area (TPSA) is 101 Å². The minimum absolute atomic E-state index is 0.0189. The van der Waals surface area contributed by atoms with E-state index in [2.05, 4.69) is 0 Å². The van der Waals surface area contributed by atoms with Crippen molar-refractivity contribution in [3.05, 3.63) is 117 Å². The zero-order chi connectivity index (χ0) is 25.4. The number of hydrogen-bond acceptors (Lipinski definition) is 5. The Morgan fingerprint density at radius 3 is 2.00 bits per heavy atom. The maximum atomic E-state index is 13.5. The largest absolute Gasteiger partial charge is 0.307 e. The van der Waals surface area contributed by atoms with Gasteiger partial charge in [0.05, 0.1) is 4.92 Å². The van der Waals surface area contributed by atoms with Crippen molar-refractivity contribution in [1.29, 1.82) is 0 Å². The predicted octanol–water partition coefficient (Wildman–Crippen LogP) is 5.00. The number of hydrogen-bond donors (Lipinski definition) is 0. The SMILES string of the molecule is Cc1ccc(N(CCN2C(=O)c3cccc4cccc(c34)C2=O)C(=O)c2ccc([N+](=O)[O-])cc2)cc1. The number of nitro groups is 1. The fraction of sp³-hybridized carbons (Fsp3) is 0.107. The lowest BCUT2D eigenvalue weighted by Crippen LogP contribution is -2.46. The van der Waals surface area contributed by atoms with E-state index >= 15 is 0 Å². The lowest BCUT2D eigenvalue weighted by atomic mass is 9.94. The molecule has 0 atom stereocenters. The molecule has 36 heavy (non-hydrogen) atoms. The van der Waals surface area contributed by atoms with Crippen molar-refractivity contribution in [2.24, 2.45) is 0 Å². The third-order valence-electron chi connectivity index (χ3n) is 6.32. The Hall–Kier alpha value is -4.85. The summed E-state index contributed by atoms with van der Waals surface area (Å²) >= 11 is 0. The zero-order valence-corrected chi connectivity index (χ0v) is 19.4. The molecule has 0 saturated carbocycles. The number of nitrogens with zero attached hydrogens (tertiary/aromatic N) is 3. The summed E-state index contributed by atoms with van der Waals surface area (Å²) in [4.78, 5) is 53.2. The Morgan fingerprint density at radius 1 is 0.861 bits per heavy atom. The van der Waals surface area contributed by atoms with Crippen LogP contribution >= 0.6 is 0 Å². The number of anilines is 1. The molecule has 0 bridgehead atoms. The number of benzene rings is 4. The molecule has 4 aromatic carbocycles. The standard InChI is InChI=1S/C28H21N3O5/c1-18-8-12-21(13-9-18)29(26(32)20-10-14-22(15-11-20)31(35)36)16-17-30-27(33)23-6-2-4-19-5-3-7-24(25(19)23)28(30)34/h2-15H,16-17H2,1H3. The number of amides is 3. The zero-order valence-electron chi connectivity index (χ0n) is 19.4. The highest BCUT2D eigenvalue weighted by atomic mass is 16.6. The molecule has 5 rings (SSSR count). The maximum absolute atomic E-state index is 13.5. The van der Waals surface area contributed by atoms with Gasteiger partial charge in [-0.3, -0.25) is 29.4 Å². The van der Waals surface area contributed by atoms with E-state index in [9.17, 15) is 24.5 Å². The monoisotopic (exact) mass is 479 g/mol. The molecule has 0 aromatic heterocycles. The van der Waals surface area contributed by atoms with Crippen molar-refractivity contribution >= 4 is 39.9 Å². The van der Waals surface area contributed by atoms with Crippen molar-refractivity contribution < 1.29 is 19.3 Å². The van der Waals surface area contributed by atoms with Crippen molar-refractivity contribution in [3.63, 3.8) is 0 Å². The van der Waals surface area contributed by atoms with Crippen molar-refractivity contribution in [3.8, 4) is 0 Å². The van der Waals surface area contributed by atoms with Crippen molar-refractivity contribution in [1.82, 2.24) is 4.90 Å². The molecule has 1 heterocycles. The third kappa shape index (κ3) is 3.98. The molecule has 0 unspecified atom stereocenters. The number of nitro benzene ring substituents is 1. The van der Waals surface area contributed by atoms with Gasteiger partial charge in [-0.25, -0.2) is 0 Å². The van der Waals surface area contributed by atoms with Crippen LogP contribution in [0.3, 0.4) is 0 Å². The normalized spacial score (nSPS) is 12.6. The fourth-order valence-electron chi connectivity index (χ4n) is 4.44. The molecule has 0 aliphatic carbocycles. The molecular formula is C28H21N3O5. The molecule has 4 aromatic rings. The lowest BCUT2D eigenvalue weighted by molar-refractivity contribution is -0.384. The average molecular weight is 479 g/mol. The van der Waals surface area contributed by atoms with Crippen molar-refractivity contribution in [2.75, 3.05) is 18.0 Å². The summed E-state index contributed by atoms with van der Waals surface area (Å²) in [6.45, 7) is 1.96. The first-order valence-electron chi connectivity index (χ1n) is 11.4. The summed E-state index contributed by atoms with van der Waals surface area (Å²) in [5, 5.41) is 12.5. The summed E-state index contributed by atoms with van der Waals surface area (Å²) in [6, 6.07) is 23.3. The van der Waals surface area contributed by atoms with Crippen molar-refractivity contribution in [2.45, 2.75) is 6.92 Å². The van der Waals surface area contributed by atoms with Gasteiger partial charge in [0.25, 0.3) is 23.4 Å². The van der Waals surface area contributed by atoms with E-state index in [0.29, 0.717) is 22.2 Å². The van der Waals surface area contributed by atoms with Crippen LogP contribution in [0.1, 0.15) is 36.6 Å². The van der Waals surface area contributed by atoms with Gasteiger partial charge in [0.15, 0.2) is 0 Å². The molecule has 1 aliphatic rings. The highest BCUT2D eigenvalue weighted by molar-refractivity contribution is 6.25. The van der Waals surface area contributed by atoms with E-state index in [4.69, 9.17) is 0 Å². The summed E-state index contributed by atoms with van der Waals surface area (Å²) in [7, 11) is 0. The molecule has 0 N–H and O–H groups in total. The molecule has 0 radical (unpaired) electrons. The quantitative estimate of drug-likeness (QED) is 0.220. The first-order valence-corrected chi connectivity index (χ1v) is 11.4. The summed E-state index contributed by atoms with van der Waals surface area (Å²) in [5.41, 5.74) is 2.63. The lowest BCUT2D eigenvalue weighted by Gasteiger charge is -2.30. The van der Waals surface area contributed by atoms with E-state index in [1.54, 1.807) is 36.4 Å². The van der Waals surface area contributed by atoms with Crippen LogP contribution in [0.2, 0.25) is 0 Å². The van der Waals surface area contributed by atoms with Gasteiger partial charge in [0.2, 0.25) is 0 Å². The van der Waals surface area contributed by atoms with Crippen LogP contribution in [0.4, 0.5) is 11.4 Å². The van der Waals surface area contributed by atoms with Crippen LogP contribution in [-0.4, -0.2) is 40.6 Å². The number of carbonyl (C=O) groups is 3. The fourth-order valence-corrected chi connectivity index (χ4v) is 4.44. The minimum atomic E-state index is -0.530. The van der Waals surface area contributed by atoms with Gasteiger partial charge in [-0.2, -0.15) is 0 Å². The Labute approximate surface area is 206 Å². The highest BCUT2D eigenvalue weighted by Gasteiger charge is 2.33. The van der Waals surface area contributed by atoms with Gasteiger partial charge in [-0.05, 0) is 48.7 Å². The van der Waals surface area contributed by atoms with Crippen LogP contribution in [0.25, 0.3) is 10.8 Å². The van der Waals surface area contributed by atoms with Crippen LogP contribution in [0, 0.1) is 17.0 Å². The predicted molar refractivity (Wildman–Crippen MR) is 135 cm³/mol. The first kappa shape index (κ1) is 22.9. The Bertz CT molecular complexity index is 1480. The van der Waals surface area contributed by atoms with E-state index in [1.165, 1.54) is 34.1 Å². The Morgan fingerprint density at radius 2 is 1.44 bits per heavy atom. The van der Waals surface area contributed by atoms with Gasteiger partial charge in [0, 0.05) is 53.0 Å². The summed E-state index contributed by atoms with van der Waals surface area (Å²) in [6.07, 6.45) is 0. The second-order valence-electron chi connectivity index (χ2n) is 8.57. The number of carbonyl (C=O) groups excluding carboxylic acids is 3. The van der Waals surface area contributed by atoms with Crippen LogP contribution < -0.4 is 4.90 Å².